The first-order valence-electron chi connectivity index (χ1n) is 10.5. The van der Waals surface area contributed by atoms with Crippen LogP contribution < -0.4 is 0 Å². The minimum atomic E-state index is -2.64. The molecule has 0 spiro atoms. The second-order valence-corrected chi connectivity index (χ2v) is 8.47. The molecule has 0 N–H and O–H groups in total. The highest BCUT2D eigenvalue weighted by Gasteiger charge is 2.35. The first kappa shape index (κ1) is 22.9. The van der Waals surface area contributed by atoms with Gasteiger partial charge in [0.25, 0.3) is 0 Å². The second kappa shape index (κ2) is 11.0. The molecule has 0 saturated carbocycles. The van der Waals surface area contributed by atoms with Crippen LogP contribution in [0.1, 0.15) is 64.5 Å². The van der Waals surface area contributed by atoms with Crippen LogP contribution in [0, 0.1) is 0 Å². The highest BCUT2D eigenvalue weighted by Crippen LogP contribution is 2.43. The quantitative estimate of drug-likeness (QED) is 0.358. The Morgan fingerprint density at radius 3 is 1.25 bits per heavy atom. The fourth-order valence-electron chi connectivity index (χ4n) is 3.67. The van der Waals surface area contributed by atoms with E-state index in [1.54, 1.807) is 0 Å². The lowest BCUT2D eigenvalue weighted by Crippen LogP contribution is -2.35. The predicted octanol–water partition coefficient (Wildman–Crippen LogP) is 7.01. The highest BCUT2D eigenvalue weighted by atomic mass is 31.1. The van der Waals surface area contributed by atoms with E-state index < -0.39 is 19.5 Å². The van der Waals surface area contributed by atoms with E-state index in [0.29, 0.717) is 0 Å². The maximum atomic E-state index is 13.0. The van der Waals surface area contributed by atoms with Crippen LogP contribution in [-0.4, -0.2) is 11.2 Å². The van der Waals surface area contributed by atoms with Crippen LogP contribution in [-0.2, 0) is 26.5 Å². The second-order valence-electron chi connectivity index (χ2n) is 7.56. The van der Waals surface area contributed by atoms with Crippen LogP contribution in [0.15, 0.2) is 60.7 Å². The Morgan fingerprint density at radius 2 is 0.964 bits per heavy atom. The van der Waals surface area contributed by atoms with Crippen molar-refractivity contribution < 1.29 is 13.6 Å². The molecule has 0 aliphatic heterocycles. The Morgan fingerprint density at radius 1 is 0.643 bits per heavy atom. The van der Waals surface area contributed by atoms with E-state index in [9.17, 15) is 4.57 Å². The molecule has 0 aliphatic carbocycles. The summed E-state index contributed by atoms with van der Waals surface area (Å²) in [6.07, 6.45) is 4.66. The third-order valence-electron chi connectivity index (χ3n) is 5.92. The molecule has 0 fully saturated rings. The Balaban J connectivity index is 2.12. The van der Waals surface area contributed by atoms with E-state index in [1.807, 2.05) is 36.4 Å². The van der Waals surface area contributed by atoms with Crippen molar-refractivity contribution >= 4 is 8.25 Å². The molecule has 0 amide bonds. The molecule has 0 aromatic heterocycles. The van der Waals surface area contributed by atoms with Gasteiger partial charge in [0.2, 0.25) is 0 Å². The van der Waals surface area contributed by atoms with Crippen molar-refractivity contribution in [1.29, 1.82) is 0 Å². The van der Waals surface area contributed by atoms with Crippen molar-refractivity contribution in [3.8, 4) is 0 Å². The summed E-state index contributed by atoms with van der Waals surface area (Å²) in [6.45, 7) is 8.38. The molecule has 0 atom stereocenters. The lowest BCUT2D eigenvalue weighted by atomic mass is 9.89. The van der Waals surface area contributed by atoms with Gasteiger partial charge in [0.05, 0.1) is 11.2 Å². The number of benzene rings is 2. The zero-order valence-electron chi connectivity index (χ0n) is 17.7. The van der Waals surface area contributed by atoms with Crippen molar-refractivity contribution in [2.45, 2.75) is 77.4 Å². The van der Waals surface area contributed by atoms with E-state index in [-0.39, 0.29) is 0 Å². The van der Waals surface area contributed by atoms with E-state index >= 15 is 0 Å². The van der Waals surface area contributed by atoms with Crippen molar-refractivity contribution in [2.24, 2.45) is 0 Å². The van der Waals surface area contributed by atoms with E-state index in [2.05, 4.69) is 52.0 Å². The third kappa shape index (κ3) is 6.30. The molecule has 0 heterocycles. The predicted molar refractivity (Wildman–Crippen MR) is 118 cm³/mol. The van der Waals surface area contributed by atoms with Crippen molar-refractivity contribution in [1.82, 2.24) is 0 Å². The summed E-state index contributed by atoms with van der Waals surface area (Å²) in [5.74, 6) is 0. The molecule has 0 saturated heterocycles. The van der Waals surface area contributed by atoms with Crippen molar-refractivity contribution in [2.75, 3.05) is 0 Å². The van der Waals surface area contributed by atoms with Crippen molar-refractivity contribution in [3.05, 3.63) is 71.8 Å². The molecule has 154 valence electrons. The summed E-state index contributed by atoms with van der Waals surface area (Å²) in [5.41, 5.74) is 1.47. The molecule has 0 aliphatic rings. The molecule has 0 unspecified atom stereocenters. The molecule has 28 heavy (non-hydrogen) atoms. The van der Waals surface area contributed by atoms with E-state index in [0.717, 1.165) is 38.5 Å². The molecule has 0 radical (unpaired) electrons. The monoisotopic (exact) mass is 402 g/mol. The smallest absolute Gasteiger partial charge is 0.304 e. The Hall–Kier alpha value is -1.41. The van der Waals surface area contributed by atoms with Crippen molar-refractivity contribution in [3.63, 3.8) is 0 Å². The molecule has 2 rings (SSSR count). The van der Waals surface area contributed by atoms with Crippen LogP contribution in [0.3, 0.4) is 0 Å². The topological polar surface area (TPSA) is 35.5 Å². The van der Waals surface area contributed by atoms with E-state index in [4.69, 9.17) is 9.05 Å². The SMILES string of the molecule is CCC(CC)(Cc1ccccc1)O[PH](=O)OC(CC)(CC)Cc1ccccc1. The molecule has 2 aromatic carbocycles. The molecule has 4 heteroatoms. The standard InChI is InChI=1S/C24H35O3P/c1-5-23(6-2,19-21-15-11-9-12-16-21)26-28(25)27-24(7-3,8-4)20-22-17-13-10-14-18-22/h9-18,28H,5-8,19-20H2,1-4H3. The molecule has 3 nitrogen and oxygen atoms in total. The highest BCUT2D eigenvalue weighted by molar-refractivity contribution is 7.33. The third-order valence-corrected chi connectivity index (χ3v) is 7.11. The summed E-state index contributed by atoms with van der Waals surface area (Å²) in [6, 6.07) is 20.5. The number of rotatable bonds is 12. The van der Waals surface area contributed by atoms with Crippen LogP contribution in [0.25, 0.3) is 0 Å². The summed E-state index contributed by atoms with van der Waals surface area (Å²) < 4.78 is 25.4. The van der Waals surface area contributed by atoms with Gasteiger partial charge >= 0.3 is 8.25 Å². The lowest BCUT2D eigenvalue weighted by molar-refractivity contribution is 0.00338. The minimum absolute atomic E-state index is 0.461. The van der Waals surface area contributed by atoms with Gasteiger partial charge in [-0.2, -0.15) is 0 Å². The number of hydrogen-bond donors (Lipinski definition) is 0. The minimum Gasteiger partial charge on any atom is -0.304 e. The van der Waals surface area contributed by atoms with Gasteiger partial charge < -0.3 is 9.05 Å². The Bertz CT molecular complexity index is 646. The fraction of sp³-hybridized carbons (Fsp3) is 0.500. The summed E-state index contributed by atoms with van der Waals surface area (Å²) in [7, 11) is -2.64. The Kier molecular flexibility index (Phi) is 8.95. The average molecular weight is 403 g/mol. The summed E-state index contributed by atoms with van der Waals surface area (Å²) in [4.78, 5) is 0. The van der Waals surface area contributed by atoms with Crippen LogP contribution in [0.2, 0.25) is 0 Å². The Labute approximate surface area is 171 Å². The summed E-state index contributed by atoms with van der Waals surface area (Å²) in [5, 5.41) is 0. The normalized spacial score (nSPS) is 12.5. The molecular formula is C24H35O3P. The van der Waals surface area contributed by atoms with Gasteiger partial charge in [-0.05, 0) is 36.8 Å². The van der Waals surface area contributed by atoms with Gasteiger partial charge in [0.15, 0.2) is 0 Å². The largest absolute Gasteiger partial charge is 0.320 e. The zero-order chi connectivity index (χ0) is 20.5. The molecule has 2 aromatic rings. The van der Waals surface area contributed by atoms with Crippen LogP contribution in [0.5, 0.6) is 0 Å². The first-order valence-corrected chi connectivity index (χ1v) is 11.7. The molecular weight excluding hydrogens is 367 g/mol. The maximum absolute atomic E-state index is 13.0. The number of hydrogen-bond acceptors (Lipinski definition) is 3. The van der Waals surface area contributed by atoms with Gasteiger partial charge in [0.1, 0.15) is 0 Å². The van der Waals surface area contributed by atoms with Crippen LogP contribution >= 0.6 is 8.25 Å². The van der Waals surface area contributed by atoms with E-state index in [1.165, 1.54) is 11.1 Å². The van der Waals surface area contributed by atoms with Crippen LogP contribution in [0.4, 0.5) is 0 Å². The van der Waals surface area contributed by atoms with Gasteiger partial charge in [-0.25, -0.2) is 0 Å². The summed E-state index contributed by atoms with van der Waals surface area (Å²) >= 11 is 0. The van der Waals surface area contributed by atoms with Gasteiger partial charge in [0, 0.05) is 12.8 Å². The zero-order valence-corrected chi connectivity index (χ0v) is 18.7. The average Bonchev–Trinajstić information content (AvgIpc) is 2.74. The maximum Gasteiger partial charge on any atom is 0.320 e. The van der Waals surface area contributed by atoms with Gasteiger partial charge in [-0.3, -0.25) is 4.57 Å². The first-order chi connectivity index (χ1) is 13.5. The van der Waals surface area contributed by atoms with Gasteiger partial charge in [-0.1, -0.05) is 88.4 Å². The molecule has 0 bridgehead atoms. The fourth-order valence-corrected chi connectivity index (χ4v) is 5.14. The lowest BCUT2D eigenvalue weighted by Gasteiger charge is -2.36. The van der Waals surface area contributed by atoms with Gasteiger partial charge in [-0.15, -0.1) is 0 Å².